The number of hydrogen-bond donors (Lipinski definition) is 2. The molecule has 0 bridgehead atoms. The molecule has 3 N–H and O–H groups in total. The molecule has 0 aromatic heterocycles. The fourth-order valence-corrected chi connectivity index (χ4v) is 3.04. The summed E-state index contributed by atoms with van der Waals surface area (Å²) in [4.78, 5) is 4.97. The number of aliphatic hydroxyl groups excluding tert-OH is 1. The van der Waals surface area contributed by atoms with E-state index >= 15 is 0 Å². The number of piperidine rings is 1. The summed E-state index contributed by atoms with van der Waals surface area (Å²) in [6, 6.07) is 0.711. The highest BCUT2D eigenvalue weighted by molar-refractivity contribution is 4.85. The van der Waals surface area contributed by atoms with Gasteiger partial charge in [0.05, 0.1) is 6.17 Å². The predicted octanol–water partition coefficient (Wildman–Crippen LogP) is 0.214. The number of likely N-dealkylation sites (tertiary alicyclic amines) is 2. The lowest BCUT2D eigenvalue weighted by Crippen LogP contribution is -2.49. The average Bonchev–Trinajstić information content (AvgIpc) is 2.74. The van der Waals surface area contributed by atoms with Gasteiger partial charge in [0.1, 0.15) is 0 Å². The highest BCUT2D eigenvalue weighted by Gasteiger charge is 2.30. The molecule has 1 atom stereocenters. The zero-order valence-electron chi connectivity index (χ0n) is 10.1. The molecule has 2 aliphatic rings. The Labute approximate surface area is 98.4 Å². The molecule has 0 amide bonds. The van der Waals surface area contributed by atoms with Crippen molar-refractivity contribution in [1.29, 1.82) is 0 Å². The molecule has 2 fully saturated rings. The number of aliphatic hydroxyl groups is 1. The van der Waals surface area contributed by atoms with Gasteiger partial charge in [-0.1, -0.05) is 0 Å². The first-order valence-corrected chi connectivity index (χ1v) is 6.66. The van der Waals surface area contributed by atoms with Gasteiger partial charge in [-0.25, -0.2) is 0 Å². The van der Waals surface area contributed by atoms with Crippen LogP contribution in [0.5, 0.6) is 0 Å². The summed E-state index contributed by atoms with van der Waals surface area (Å²) in [5, 5.41) is 8.80. The molecule has 2 heterocycles. The van der Waals surface area contributed by atoms with Crippen LogP contribution in [0.4, 0.5) is 0 Å². The molecular weight excluding hydrogens is 202 g/mol. The number of hydrogen-bond acceptors (Lipinski definition) is 4. The van der Waals surface area contributed by atoms with Crippen LogP contribution < -0.4 is 5.73 Å². The van der Waals surface area contributed by atoms with Crippen LogP contribution in [0.1, 0.15) is 32.1 Å². The highest BCUT2D eigenvalue weighted by atomic mass is 16.3. The van der Waals surface area contributed by atoms with Crippen LogP contribution in [-0.2, 0) is 0 Å². The minimum absolute atomic E-state index is 0.314. The monoisotopic (exact) mass is 227 g/mol. The van der Waals surface area contributed by atoms with E-state index in [-0.39, 0.29) is 0 Å². The Morgan fingerprint density at radius 2 is 1.88 bits per heavy atom. The largest absolute Gasteiger partial charge is 0.396 e. The summed E-state index contributed by atoms with van der Waals surface area (Å²) >= 11 is 0. The van der Waals surface area contributed by atoms with Gasteiger partial charge in [0.25, 0.3) is 0 Å². The van der Waals surface area contributed by atoms with Gasteiger partial charge >= 0.3 is 0 Å². The van der Waals surface area contributed by atoms with E-state index in [1.807, 2.05) is 0 Å². The van der Waals surface area contributed by atoms with Gasteiger partial charge in [0.15, 0.2) is 0 Å². The summed E-state index contributed by atoms with van der Waals surface area (Å²) < 4.78 is 0. The molecule has 16 heavy (non-hydrogen) atoms. The van der Waals surface area contributed by atoms with Gasteiger partial charge in [-0.2, -0.15) is 0 Å². The van der Waals surface area contributed by atoms with Crippen LogP contribution >= 0.6 is 0 Å². The fourth-order valence-electron chi connectivity index (χ4n) is 3.04. The Morgan fingerprint density at radius 1 is 1.12 bits per heavy atom. The zero-order chi connectivity index (χ0) is 11.4. The second-order valence-corrected chi connectivity index (χ2v) is 5.10. The van der Waals surface area contributed by atoms with Crippen molar-refractivity contribution >= 4 is 0 Å². The normalized spacial score (nSPS) is 30.0. The van der Waals surface area contributed by atoms with Gasteiger partial charge in [-0.05, 0) is 45.2 Å². The molecule has 0 spiro atoms. The first-order valence-electron chi connectivity index (χ1n) is 6.66. The average molecular weight is 227 g/mol. The van der Waals surface area contributed by atoms with E-state index in [4.69, 9.17) is 10.8 Å². The second-order valence-electron chi connectivity index (χ2n) is 5.10. The Hall–Kier alpha value is -0.160. The lowest BCUT2D eigenvalue weighted by molar-refractivity contribution is 0.0966. The van der Waals surface area contributed by atoms with E-state index in [2.05, 4.69) is 9.80 Å². The predicted molar refractivity (Wildman–Crippen MR) is 65.1 cm³/mol. The maximum Gasteiger partial charge on any atom is 0.0574 e. The summed E-state index contributed by atoms with van der Waals surface area (Å²) in [7, 11) is 0. The molecular formula is C12H25N3O. The third-order valence-corrected chi connectivity index (χ3v) is 4.00. The van der Waals surface area contributed by atoms with E-state index in [0.717, 1.165) is 13.0 Å². The molecule has 0 aliphatic carbocycles. The molecule has 94 valence electrons. The fraction of sp³-hybridized carbons (Fsp3) is 1.00. The van der Waals surface area contributed by atoms with Crippen molar-refractivity contribution in [1.82, 2.24) is 9.80 Å². The summed E-state index contributed by atoms with van der Waals surface area (Å²) in [6.45, 7) is 4.91. The molecule has 4 nitrogen and oxygen atoms in total. The van der Waals surface area contributed by atoms with Crippen LogP contribution in [0.15, 0.2) is 0 Å². The van der Waals surface area contributed by atoms with Crippen molar-refractivity contribution in [2.45, 2.75) is 44.3 Å². The molecule has 0 saturated carbocycles. The van der Waals surface area contributed by atoms with Crippen LogP contribution in [0.25, 0.3) is 0 Å². The number of nitrogens with two attached hydrogens (primary N) is 1. The van der Waals surface area contributed by atoms with E-state index in [1.54, 1.807) is 0 Å². The topological polar surface area (TPSA) is 52.7 Å². The van der Waals surface area contributed by atoms with Gasteiger partial charge in [0.2, 0.25) is 0 Å². The van der Waals surface area contributed by atoms with Crippen LogP contribution in [0.3, 0.4) is 0 Å². The van der Waals surface area contributed by atoms with Crippen molar-refractivity contribution in [3.63, 3.8) is 0 Å². The molecule has 0 radical (unpaired) electrons. The van der Waals surface area contributed by atoms with E-state index in [1.165, 1.54) is 45.3 Å². The van der Waals surface area contributed by atoms with E-state index in [0.29, 0.717) is 18.8 Å². The molecule has 0 aromatic carbocycles. The van der Waals surface area contributed by atoms with Crippen molar-refractivity contribution in [3.05, 3.63) is 0 Å². The minimum Gasteiger partial charge on any atom is -0.396 e. The Morgan fingerprint density at radius 3 is 2.44 bits per heavy atom. The van der Waals surface area contributed by atoms with E-state index in [9.17, 15) is 0 Å². The highest BCUT2D eigenvalue weighted by Crippen LogP contribution is 2.23. The minimum atomic E-state index is 0.314. The molecule has 2 rings (SSSR count). The lowest BCUT2D eigenvalue weighted by Gasteiger charge is -2.38. The van der Waals surface area contributed by atoms with Gasteiger partial charge < -0.3 is 15.7 Å². The van der Waals surface area contributed by atoms with Crippen molar-refractivity contribution in [2.75, 3.05) is 32.8 Å². The molecule has 2 saturated heterocycles. The molecule has 4 heteroatoms. The number of rotatable bonds is 4. The molecule has 0 aromatic rings. The maximum atomic E-state index is 8.80. The summed E-state index contributed by atoms with van der Waals surface area (Å²) in [5.74, 6) is 0. The van der Waals surface area contributed by atoms with Crippen molar-refractivity contribution < 1.29 is 5.11 Å². The van der Waals surface area contributed by atoms with Gasteiger partial charge in [-0.15, -0.1) is 0 Å². The molecule has 0 unspecified atom stereocenters. The van der Waals surface area contributed by atoms with Crippen LogP contribution in [0, 0.1) is 0 Å². The summed E-state index contributed by atoms with van der Waals surface area (Å²) in [5.41, 5.74) is 6.10. The standard InChI is InChI=1S/C12H25N3O/c13-12-3-1-7-15(12)11-4-8-14(9-5-11)6-2-10-16/h11-12,16H,1-10,13H2/t12-/m0/s1. The lowest BCUT2D eigenvalue weighted by atomic mass is 10.0. The third kappa shape index (κ3) is 2.94. The van der Waals surface area contributed by atoms with E-state index < -0.39 is 0 Å². The SMILES string of the molecule is N[C@@H]1CCCN1C1CCN(CCCO)CC1. The van der Waals surface area contributed by atoms with Crippen molar-refractivity contribution in [3.8, 4) is 0 Å². The first kappa shape index (κ1) is 12.3. The first-order chi connectivity index (χ1) is 7.81. The molecule has 2 aliphatic heterocycles. The van der Waals surface area contributed by atoms with Gasteiger partial charge in [0, 0.05) is 25.7 Å². The second kappa shape index (κ2) is 5.96. The quantitative estimate of drug-likeness (QED) is 0.721. The smallest absolute Gasteiger partial charge is 0.0574 e. The Balaban J connectivity index is 1.72. The van der Waals surface area contributed by atoms with Crippen molar-refractivity contribution in [2.24, 2.45) is 5.73 Å². The van der Waals surface area contributed by atoms with Crippen LogP contribution in [0.2, 0.25) is 0 Å². The maximum absolute atomic E-state index is 8.80. The Kier molecular flexibility index (Phi) is 4.58. The Bertz CT molecular complexity index is 204. The number of nitrogens with zero attached hydrogens (tertiary/aromatic N) is 2. The summed E-state index contributed by atoms with van der Waals surface area (Å²) in [6.07, 6.45) is 6.16. The third-order valence-electron chi connectivity index (χ3n) is 4.00. The van der Waals surface area contributed by atoms with Gasteiger partial charge in [-0.3, -0.25) is 4.90 Å². The van der Waals surface area contributed by atoms with Crippen LogP contribution in [-0.4, -0.2) is 59.9 Å². The zero-order valence-corrected chi connectivity index (χ0v) is 10.1.